The molecule has 0 aliphatic carbocycles. The van der Waals surface area contributed by atoms with Crippen LogP contribution in [0.4, 0.5) is 13.2 Å². The van der Waals surface area contributed by atoms with E-state index in [9.17, 15) is 18.0 Å². The van der Waals surface area contributed by atoms with Crippen molar-refractivity contribution in [3.8, 4) is 16.5 Å². The Kier molecular flexibility index (Phi) is 5.27. The first-order valence-corrected chi connectivity index (χ1v) is 8.39. The summed E-state index contributed by atoms with van der Waals surface area (Å²) in [4.78, 5) is 16.2. The molecule has 5 nitrogen and oxygen atoms in total. The molecule has 1 N–H and O–H groups in total. The molecule has 0 saturated heterocycles. The Hall–Kier alpha value is -2.81. The van der Waals surface area contributed by atoms with E-state index < -0.39 is 11.7 Å². The van der Waals surface area contributed by atoms with Crippen molar-refractivity contribution in [1.29, 1.82) is 0 Å². The van der Waals surface area contributed by atoms with Crippen molar-refractivity contribution in [2.75, 3.05) is 13.2 Å². The van der Waals surface area contributed by atoms with E-state index in [1.165, 1.54) is 29.7 Å². The lowest BCUT2D eigenvalue weighted by molar-refractivity contribution is -0.137. The molecule has 1 aromatic carbocycles. The Morgan fingerprint density at radius 1 is 1.23 bits per heavy atom. The average molecular weight is 382 g/mol. The Morgan fingerprint density at radius 3 is 2.65 bits per heavy atom. The zero-order valence-corrected chi connectivity index (χ0v) is 14.1. The van der Waals surface area contributed by atoms with E-state index in [1.54, 1.807) is 17.5 Å². The second-order valence-electron chi connectivity index (χ2n) is 5.14. The SMILES string of the molecule is O=C(NCCOc1ccc(C(F)(F)F)cc1)c1csc(-c2ccco2)n1. The van der Waals surface area contributed by atoms with Crippen LogP contribution in [0.15, 0.2) is 52.5 Å². The van der Waals surface area contributed by atoms with E-state index >= 15 is 0 Å². The molecule has 3 rings (SSSR count). The molecule has 0 aliphatic rings. The summed E-state index contributed by atoms with van der Waals surface area (Å²) in [5, 5.41) is 4.85. The number of furan rings is 1. The summed E-state index contributed by atoms with van der Waals surface area (Å²) in [6, 6.07) is 7.84. The van der Waals surface area contributed by atoms with Gasteiger partial charge in [-0.05, 0) is 36.4 Å². The van der Waals surface area contributed by atoms with Crippen molar-refractivity contribution in [3.63, 3.8) is 0 Å². The normalized spacial score (nSPS) is 11.3. The zero-order chi connectivity index (χ0) is 18.6. The van der Waals surface area contributed by atoms with Gasteiger partial charge in [0.1, 0.15) is 18.1 Å². The molecule has 0 radical (unpaired) electrons. The van der Waals surface area contributed by atoms with Crippen LogP contribution in [0.5, 0.6) is 5.75 Å². The van der Waals surface area contributed by atoms with Gasteiger partial charge in [0.15, 0.2) is 10.8 Å². The number of carbonyl (C=O) groups is 1. The third-order valence-corrected chi connectivity index (χ3v) is 4.16. The highest BCUT2D eigenvalue weighted by Crippen LogP contribution is 2.30. The van der Waals surface area contributed by atoms with Crippen LogP contribution in [0.1, 0.15) is 16.1 Å². The van der Waals surface area contributed by atoms with E-state index in [1.807, 2.05) is 0 Å². The summed E-state index contributed by atoms with van der Waals surface area (Å²) in [5.74, 6) is 0.510. The number of hydrogen-bond donors (Lipinski definition) is 1. The third-order valence-electron chi connectivity index (χ3n) is 3.31. The molecule has 0 atom stereocenters. The molecule has 0 saturated carbocycles. The van der Waals surface area contributed by atoms with Gasteiger partial charge in [0.25, 0.3) is 5.91 Å². The molecule has 1 amide bonds. The zero-order valence-electron chi connectivity index (χ0n) is 13.2. The molecule has 2 aromatic heterocycles. The Labute approximate surface area is 150 Å². The van der Waals surface area contributed by atoms with E-state index in [0.29, 0.717) is 16.5 Å². The highest BCUT2D eigenvalue weighted by atomic mass is 32.1. The number of hydrogen-bond acceptors (Lipinski definition) is 5. The van der Waals surface area contributed by atoms with Crippen LogP contribution >= 0.6 is 11.3 Å². The lowest BCUT2D eigenvalue weighted by Crippen LogP contribution is -2.28. The number of benzene rings is 1. The number of halogens is 3. The largest absolute Gasteiger partial charge is 0.492 e. The summed E-state index contributed by atoms with van der Waals surface area (Å²) in [7, 11) is 0. The summed E-state index contributed by atoms with van der Waals surface area (Å²) in [6.45, 7) is 0.305. The minimum Gasteiger partial charge on any atom is -0.492 e. The van der Waals surface area contributed by atoms with Gasteiger partial charge in [0.05, 0.1) is 18.4 Å². The molecule has 0 spiro atoms. The first-order chi connectivity index (χ1) is 12.4. The standard InChI is InChI=1S/C17H13F3N2O3S/c18-17(19,20)11-3-5-12(6-4-11)24-9-7-21-15(23)13-10-26-16(22-13)14-2-1-8-25-14/h1-6,8,10H,7,9H2,(H,21,23). The Morgan fingerprint density at radius 2 is 2.00 bits per heavy atom. The second-order valence-corrected chi connectivity index (χ2v) is 6.00. The van der Waals surface area contributed by atoms with Gasteiger partial charge in [-0.2, -0.15) is 13.2 Å². The monoisotopic (exact) mass is 382 g/mol. The number of aromatic nitrogens is 1. The number of thiazole rings is 1. The first kappa shape index (κ1) is 18.0. The predicted molar refractivity (Wildman–Crippen MR) is 89.1 cm³/mol. The van der Waals surface area contributed by atoms with Crippen LogP contribution in [0.3, 0.4) is 0 Å². The number of nitrogens with one attached hydrogen (secondary N) is 1. The maximum Gasteiger partial charge on any atom is 0.416 e. The number of rotatable bonds is 6. The smallest absolute Gasteiger partial charge is 0.416 e. The van der Waals surface area contributed by atoms with Crippen LogP contribution in [-0.2, 0) is 6.18 Å². The van der Waals surface area contributed by atoms with Crippen molar-refractivity contribution in [3.05, 3.63) is 59.3 Å². The van der Waals surface area contributed by atoms with Crippen molar-refractivity contribution in [1.82, 2.24) is 10.3 Å². The average Bonchev–Trinajstić information content (AvgIpc) is 3.29. The predicted octanol–water partition coefficient (Wildman–Crippen LogP) is 4.23. The Bertz CT molecular complexity index is 858. The fraction of sp³-hybridized carbons (Fsp3) is 0.176. The molecule has 9 heteroatoms. The van der Waals surface area contributed by atoms with Gasteiger partial charge >= 0.3 is 6.18 Å². The van der Waals surface area contributed by atoms with Crippen molar-refractivity contribution in [2.24, 2.45) is 0 Å². The molecule has 0 fully saturated rings. The fourth-order valence-corrected chi connectivity index (χ4v) is 2.82. The van der Waals surface area contributed by atoms with E-state index in [-0.39, 0.29) is 24.8 Å². The van der Waals surface area contributed by atoms with E-state index in [2.05, 4.69) is 10.3 Å². The summed E-state index contributed by atoms with van der Waals surface area (Å²) in [5.41, 5.74) is -0.482. The number of ether oxygens (including phenoxy) is 1. The molecule has 0 bridgehead atoms. The van der Waals surface area contributed by atoms with Gasteiger partial charge in [-0.25, -0.2) is 4.98 Å². The van der Waals surface area contributed by atoms with Crippen molar-refractivity contribution < 1.29 is 27.1 Å². The number of amides is 1. The van der Waals surface area contributed by atoms with Crippen LogP contribution in [0.2, 0.25) is 0 Å². The minimum absolute atomic E-state index is 0.117. The van der Waals surface area contributed by atoms with Gasteiger partial charge in [0.2, 0.25) is 0 Å². The maximum absolute atomic E-state index is 12.5. The van der Waals surface area contributed by atoms with Crippen LogP contribution < -0.4 is 10.1 Å². The van der Waals surface area contributed by atoms with Gasteiger partial charge < -0.3 is 14.5 Å². The molecular formula is C17H13F3N2O3S. The van der Waals surface area contributed by atoms with Crippen LogP contribution in [-0.4, -0.2) is 24.0 Å². The lowest BCUT2D eigenvalue weighted by Gasteiger charge is -2.09. The summed E-state index contributed by atoms with van der Waals surface area (Å²) >= 11 is 1.29. The first-order valence-electron chi connectivity index (χ1n) is 7.51. The lowest BCUT2D eigenvalue weighted by atomic mass is 10.2. The maximum atomic E-state index is 12.5. The third kappa shape index (κ3) is 4.42. The molecule has 136 valence electrons. The van der Waals surface area contributed by atoms with E-state index in [4.69, 9.17) is 9.15 Å². The van der Waals surface area contributed by atoms with Crippen molar-refractivity contribution >= 4 is 17.2 Å². The van der Waals surface area contributed by atoms with Crippen molar-refractivity contribution in [2.45, 2.75) is 6.18 Å². The summed E-state index contributed by atoms with van der Waals surface area (Å²) < 4.78 is 47.9. The molecule has 0 aliphatic heterocycles. The minimum atomic E-state index is -4.38. The van der Waals surface area contributed by atoms with Crippen LogP contribution in [0.25, 0.3) is 10.8 Å². The molecule has 0 unspecified atom stereocenters. The highest BCUT2D eigenvalue weighted by molar-refractivity contribution is 7.13. The second kappa shape index (κ2) is 7.61. The number of nitrogens with zero attached hydrogens (tertiary/aromatic N) is 1. The molecule has 26 heavy (non-hydrogen) atoms. The molecular weight excluding hydrogens is 369 g/mol. The van der Waals surface area contributed by atoms with Crippen LogP contribution in [0, 0.1) is 0 Å². The quantitative estimate of drug-likeness (QED) is 0.648. The highest BCUT2D eigenvalue weighted by Gasteiger charge is 2.30. The summed E-state index contributed by atoms with van der Waals surface area (Å²) in [6.07, 6.45) is -2.86. The van der Waals surface area contributed by atoms with Gasteiger partial charge in [-0.3, -0.25) is 4.79 Å². The molecule has 3 aromatic rings. The van der Waals surface area contributed by atoms with Gasteiger partial charge in [0, 0.05) is 5.38 Å². The Balaban J connectivity index is 1.45. The number of alkyl halides is 3. The number of carbonyl (C=O) groups excluding carboxylic acids is 1. The van der Waals surface area contributed by atoms with E-state index in [0.717, 1.165) is 12.1 Å². The topological polar surface area (TPSA) is 64.4 Å². The van der Waals surface area contributed by atoms with Gasteiger partial charge in [-0.1, -0.05) is 0 Å². The fourth-order valence-electron chi connectivity index (χ4n) is 2.06. The molecule has 2 heterocycles. The van der Waals surface area contributed by atoms with Gasteiger partial charge in [-0.15, -0.1) is 11.3 Å².